The van der Waals surface area contributed by atoms with Crippen LogP contribution in [0.5, 0.6) is 0 Å². The smallest absolute Gasteiger partial charge is 0.288 e. The molecule has 0 fully saturated rings. The summed E-state index contributed by atoms with van der Waals surface area (Å²) in [4.78, 5) is 25.6. The molecular formula is C11H14ClN3O3S. The highest BCUT2D eigenvalue weighted by molar-refractivity contribution is 7.99. The molecule has 0 spiro atoms. The number of pyridine rings is 1. The van der Waals surface area contributed by atoms with Crippen molar-refractivity contribution in [1.82, 2.24) is 10.3 Å². The van der Waals surface area contributed by atoms with Crippen LogP contribution in [0.2, 0.25) is 5.15 Å². The quantitative estimate of drug-likeness (QED) is 0.513. The number of nitro groups is 1. The van der Waals surface area contributed by atoms with Crippen LogP contribution in [0.1, 0.15) is 24.2 Å². The Kier molecular flexibility index (Phi) is 5.13. The molecule has 0 atom stereocenters. The summed E-state index contributed by atoms with van der Waals surface area (Å²) in [5, 5.41) is 13.3. The van der Waals surface area contributed by atoms with Gasteiger partial charge < -0.3 is 5.32 Å². The number of carbonyl (C=O) groups excluding carboxylic acids is 1. The highest BCUT2D eigenvalue weighted by atomic mass is 35.5. The van der Waals surface area contributed by atoms with Gasteiger partial charge in [0.1, 0.15) is 11.3 Å². The van der Waals surface area contributed by atoms with E-state index in [1.165, 1.54) is 0 Å². The van der Waals surface area contributed by atoms with Gasteiger partial charge in [0.05, 0.1) is 10.5 Å². The minimum absolute atomic E-state index is 0.00719. The zero-order valence-electron chi connectivity index (χ0n) is 10.8. The lowest BCUT2D eigenvalue weighted by Gasteiger charge is -2.22. The average molecular weight is 304 g/mol. The Morgan fingerprint density at radius 2 is 2.26 bits per heavy atom. The highest BCUT2D eigenvalue weighted by Gasteiger charge is 2.21. The Hall–Kier alpha value is -1.34. The summed E-state index contributed by atoms with van der Waals surface area (Å²) in [6.45, 7) is 4.38. The summed E-state index contributed by atoms with van der Waals surface area (Å²) in [6.07, 6.45) is 2.96. The molecule has 0 aliphatic carbocycles. The van der Waals surface area contributed by atoms with E-state index in [0.29, 0.717) is 6.54 Å². The van der Waals surface area contributed by atoms with Crippen LogP contribution in [0.15, 0.2) is 12.3 Å². The highest BCUT2D eigenvalue weighted by Crippen LogP contribution is 2.21. The van der Waals surface area contributed by atoms with Crippen LogP contribution in [0.4, 0.5) is 5.69 Å². The molecule has 1 amide bonds. The van der Waals surface area contributed by atoms with Crippen molar-refractivity contribution in [2.24, 2.45) is 0 Å². The fourth-order valence-electron chi connectivity index (χ4n) is 1.16. The number of thioether (sulfide) groups is 1. The number of amides is 1. The predicted molar refractivity (Wildman–Crippen MR) is 75.8 cm³/mol. The van der Waals surface area contributed by atoms with E-state index in [1.807, 2.05) is 20.1 Å². The molecule has 104 valence electrons. The molecule has 0 aromatic carbocycles. The van der Waals surface area contributed by atoms with Gasteiger partial charge in [0.2, 0.25) is 0 Å². The molecule has 0 bridgehead atoms. The number of nitrogens with zero attached hydrogens (tertiary/aromatic N) is 2. The van der Waals surface area contributed by atoms with Gasteiger partial charge >= 0.3 is 0 Å². The fourth-order valence-corrected chi connectivity index (χ4v) is 1.56. The number of nitrogens with one attached hydrogen (secondary N) is 1. The van der Waals surface area contributed by atoms with Crippen LogP contribution < -0.4 is 5.32 Å². The van der Waals surface area contributed by atoms with Gasteiger partial charge in [-0.3, -0.25) is 14.9 Å². The molecule has 1 N–H and O–H groups in total. The first-order valence-corrected chi connectivity index (χ1v) is 7.00. The summed E-state index contributed by atoms with van der Waals surface area (Å²) in [6, 6.07) is 1.12. The summed E-state index contributed by atoms with van der Waals surface area (Å²) in [5.41, 5.74) is -0.258. The molecule has 0 saturated heterocycles. The van der Waals surface area contributed by atoms with E-state index in [9.17, 15) is 14.9 Å². The standard InChI is InChI=1S/C11H14ClN3O3S/c1-11(2,19-3)6-14-10(16)8-4-7(15(17)18)5-13-9(8)12/h4-5H,6H2,1-3H3,(H,14,16). The maximum atomic E-state index is 11.9. The molecule has 0 radical (unpaired) electrons. The molecule has 19 heavy (non-hydrogen) atoms. The molecule has 0 saturated carbocycles. The van der Waals surface area contributed by atoms with Crippen molar-refractivity contribution >= 4 is 35.0 Å². The Morgan fingerprint density at radius 1 is 1.63 bits per heavy atom. The second-order valence-corrected chi connectivity index (χ2v) is 6.31. The summed E-state index contributed by atoms with van der Waals surface area (Å²) >= 11 is 7.38. The molecule has 8 heteroatoms. The lowest BCUT2D eigenvalue weighted by molar-refractivity contribution is -0.385. The molecule has 1 heterocycles. The Bertz CT molecular complexity index is 508. The number of carbonyl (C=O) groups is 1. The van der Waals surface area contributed by atoms with Crippen LogP contribution in [0.3, 0.4) is 0 Å². The van der Waals surface area contributed by atoms with Gasteiger partial charge in [-0.15, -0.1) is 0 Å². The van der Waals surface area contributed by atoms with E-state index in [-0.39, 0.29) is 21.2 Å². The third-order valence-electron chi connectivity index (χ3n) is 2.51. The van der Waals surface area contributed by atoms with Gasteiger partial charge in [-0.2, -0.15) is 11.8 Å². The number of hydrogen-bond donors (Lipinski definition) is 1. The van der Waals surface area contributed by atoms with Gasteiger partial charge in [-0.1, -0.05) is 11.6 Å². The van der Waals surface area contributed by atoms with E-state index >= 15 is 0 Å². The molecule has 0 aliphatic heterocycles. The molecule has 1 aromatic rings. The molecule has 1 rings (SSSR count). The van der Waals surface area contributed by atoms with Gasteiger partial charge in [0.25, 0.3) is 11.6 Å². The van der Waals surface area contributed by atoms with E-state index in [4.69, 9.17) is 11.6 Å². The van der Waals surface area contributed by atoms with Crippen molar-refractivity contribution < 1.29 is 9.72 Å². The van der Waals surface area contributed by atoms with Crippen LogP contribution >= 0.6 is 23.4 Å². The van der Waals surface area contributed by atoms with Crippen molar-refractivity contribution in [2.75, 3.05) is 12.8 Å². The van der Waals surface area contributed by atoms with Gasteiger partial charge in [-0.05, 0) is 20.1 Å². The Morgan fingerprint density at radius 3 is 2.79 bits per heavy atom. The van der Waals surface area contributed by atoms with Gasteiger partial charge in [-0.25, -0.2) is 4.98 Å². The van der Waals surface area contributed by atoms with Crippen LogP contribution in [-0.2, 0) is 0 Å². The summed E-state index contributed by atoms with van der Waals surface area (Å²) in [5.74, 6) is -0.469. The van der Waals surface area contributed by atoms with Crippen molar-refractivity contribution in [1.29, 1.82) is 0 Å². The zero-order chi connectivity index (χ0) is 14.6. The summed E-state index contributed by atoms with van der Waals surface area (Å²) < 4.78 is -0.129. The van der Waals surface area contributed by atoms with E-state index in [2.05, 4.69) is 10.3 Å². The number of hydrogen-bond acceptors (Lipinski definition) is 5. The third-order valence-corrected chi connectivity index (χ3v) is 4.06. The van der Waals surface area contributed by atoms with Crippen molar-refractivity contribution in [3.05, 3.63) is 33.1 Å². The maximum absolute atomic E-state index is 11.9. The third kappa shape index (κ3) is 4.36. The molecule has 1 aromatic heterocycles. The predicted octanol–water partition coefficient (Wildman–Crippen LogP) is 2.51. The van der Waals surface area contributed by atoms with Crippen molar-refractivity contribution in [3.63, 3.8) is 0 Å². The first-order chi connectivity index (χ1) is 8.76. The summed E-state index contributed by atoms with van der Waals surface area (Å²) in [7, 11) is 0. The largest absolute Gasteiger partial charge is 0.351 e. The topological polar surface area (TPSA) is 85.1 Å². The lowest BCUT2D eigenvalue weighted by atomic mass is 10.2. The minimum atomic E-state index is -0.619. The fraction of sp³-hybridized carbons (Fsp3) is 0.455. The monoisotopic (exact) mass is 303 g/mol. The SMILES string of the molecule is CSC(C)(C)CNC(=O)c1cc([N+](=O)[O-])cnc1Cl. The normalized spacial score (nSPS) is 11.2. The number of rotatable bonds is 5. The first kappa shape index (κ1) is 15.7. The number of aromatic nitrogens is 1. The van der Waals surface area contributed by atoms with E-state index in [1.54, 1.807) is 11.8 Å². The van der Waals surface area contributed by atoms with Gasteiger partial charge in [0, 0.05) is 17.4 Å². The van der Waals surface area contributed by atoms with Gasteiger partial charge in [0.15, 0.2) is 0 Å². The van der Waals surface area contributed by atoms with Crippen LogP contribution in [0, 0.1) is 10.1 Å². The maximum Gasteiger partial charge on any atom is 0.288 e. The van der Waals surface area contributed by atoms with E-state index in [0.717, 1.165) is 12.3 Å². The molecule has 0 unspecified atom stereocenters. The minimum Gasteiger partial charge on any atom is -0.351 e. The molecular weight excluding hydrogens is 290 g/mol. The lowest BCUT2D eigenvalue weighted by Crippen LogP contribution is -2.36. The zero-order valence-corrected chi connectivity index (χ0v) is 12.3. The second kappa shape index (κ2) is 6.21. The van der Waals surface area contributed by atoms with Crippen molar-refractivity contribution in [3.8, 4) is 0 Å². The first-order valence-electron chi connectivity index (χ1n) is 5.40. The molecule has 0 aliphatic rings. The Balaban J connectivity index is 2.88. The second-order valence-electron chi connectivity index (χ2n) is 4.44. The molecule has 6 nitrogen and oxygen atoms in total. The Labute approximate surface area is 120 Å². The van der Waals surface area contributed by atoms with Crippen molar-refractivity contribution in [2.45, 2.75) is 18.6 Å². The van der Waals surface area contributed by atoms with Crippen LogP contribution in [-0.4, -0.2) is 33.4 Å². The van der Waals surface area contributed by atoms with Crippen LogP contribution in [0.25, 0.3) is 0 Å². The number of halogens is 1. The van der Waals surface area contributed by atoms with E-state index < -0.39 is 10.8 Å². The average Bonchev–Trinajstić information content (AvgIpc) is 2.36.